The first kappa shape index (κ1) is 12.3. The Hall–Kier alpha value is -1.12. The molecule has 1 aromatic heterocycles. The molecular formula is C13H12Cl2N2. The molecule has 0 bridgehead atoms. The fraction of sp³-hybridized carbons (Fsp3) is 0.231. The van der Waals surface area contributed by atoms with Gasteiger partial charge >= 0.3 is 0 Å². The number of halogens is 2. The van der Waals surface area contributed by atoms with Gasteiger partial charge in [0, 0.05) is 21.8 Å². The van der Waals surface area contributed by atoms with Crippen molar-refractivity contribution in [2.45, 2.75) is 20.3 Å². The van der Waals surface area contributed by atoms with Gasteiger partial charge in [-0.3, -0.25) is 0 Å². The number of aryl methyl sites for hydroxylation is 1. The Labute approximate surface area is 111 Å². The summed E-state index contributed by atoms with van der Waals surface area (Å²) in [5.41, 5.74) is 2.80. The molecule has 1 aromatic carbocycles. The lowest BCUT2D eigenvalue weighted by Crippen LogP contribution is -1.99. The first-order valence-electron chi connectivity index (χ1n) is 5.40. The van der Waals surface area contributed by atoms with E-state index in [1.807, 2.05) is 38.1 Å². The van der Waals surface area contributed by atoms with Crippen LogP contribution < -0.4 is 0 Å². The van der Waals surface area contributed by atoms with E-state index in [2.05, 4.69) is 9.97 Å². The Morgan fingerprint density at radius 2 is 1.94 bits per heavy atom. The van der Waals surface area contributed by atoms with Crippen LogP contribution in [-0.4, -0.2) is 9.97 Å². The molecular weight excluding hydrogens is 255 g/mol. The molecule has 0 saturated carbocycles. The molecule has 4 heteroatoms. The van der Waals surface area contributed by atoms with Crippen LogP contribution in [0.2, 0.25) is 10.2 Å². The predicted octanol–water partition coefficient (Wildman–Crippen LogP) is 4.32. The molecule has 0 fully saturated rings. The number of rotatable bonds is 2. The molecule has 0 atom stereocenters. The molecule has 2 nitrogen and oxygen atoms in total. The summed E-state index contributed by atoms with van der Waals surface area (Å²) in [6, 6.07) is 7.45. The molecule has 0 unspecified atom stereocenters. The molecule has 0 radical (unpaired) electrons. The van der Waals surface area contributed by atoms with E-state index in [9.17, 15) is 0 Å². The van der Waals surface area contributed by atoms with E-state index in [1.54, 1.807) is 0 Å². The minimum absolute atomic E-state index is 0.506. The largest absolute Gasteiger partial charge is 0.233 e. The third kappa shape index (κ3) is 2.59. The lowest BCUT2D eigenvalue weighted by Gasteiger charge is -2.07. The topological polar surface area (TPSA) is 25.8 Å². The zero-order valence-electron chi connectivity index (χ0n) is 9.67. The number of benzene rings is 1. The Kier molecular flexibility index (Phi) is 3.65. The van der Waals surface area contributed by atoms with Crippen LogP contribution in [0, 0.1) is 6.92 Å². The smallest absolute Gasteiger partial charge is 0.161 e. The first-order valence-corrected chi connectivity index (χ1v) is 6.16. The zero-order valence-corrected chi connectivity index (χ0v) is 11.2. The fourth-order valence-corrected chi connectivity index (χ4v) is 2.01. The van der Waals surface area contributed by atoms with Crippen molar-refractivity contribution in [3.05, 3.63) is 45.7 Å². The van der Waals surface area contributed by atoms with Gasteiger partial charge in [-0.05, 0) is 25.5 Å². The summed E-state index contributed by atoms with van der Waals surface area (Å²) in [5, 5.41) is 1.17. The number of hydrogen-bond acceptors (Lipinski definition) is 2. The lowest BCUT2D eigenvalue weighted by atomic mass is 10.1. The number of aromatic nitrogens is 2. The van der Waals surface area contributed by atoms with Crippen LogP contribution in [0.5, 0.6) is 0 Å². The van der Waals surface area contributed by atoms with Crippen LogP contribution in [0.25, 0.3) is 11.4 Å². The third-order valence-corrected chi connectivity index (χ3v) is 3.21. The predicted molar refractivity (Wildman–Crippen MR) is 71.6 cm³/mol. The average molecular weight is 267 g/mol. The van der Waals surface area contributed by atoms with Crippen molar-refractivity contribution < 1.29 is 0 Å². The van der Waals surface area contributed by atoms with Gasteiger partial charge in [-0.1, -0.05) is 42.3 Å². The number of hydrogen-bond donors (Lipinski definition) is 0. The van der Waals surface area contributed by atoms with Gasteiger partial charge in [-0.2, -0.15) is 0 Å². The summed E-state index contributed by atoms with van der Waals surface area (Å²) in [4.78, 5) is 8.80. The molecule has 0 aliphatic heterocycles. The van der Waals surface area contributed by atoms with E-state index in [0.717, 1.165) is 23.2 Å². The van der Waals surface area contributed by atoms with Crippen LogP contribution in [-0.2, 0) is 6.42 Å². The fourth-order valence-electron chi connectivity index (χ4n) is 1.63. The van der Waals surface area contributed by atoms with Crippen LogP contribution in [0.3, 0.4) is 0 Å². The van der Waals surface area contributed by atoms with E-state index in [4.69, 9.17) is 23.2 Å². The minimum atomic E-state index is 0.506. The summed E-state index contributed by atoms with van der Waals surface area (Å²) < 4.78 is 0. The van der Waals surface area contributed by atoms with Crippen LogP contribution in [0.4, 0.5) is 0 Å². The molecule has 2 aromatic rings. The number of nitrogens with zero attached hydrogens (tertiary/aromatic N) is 2. The van der Waals surface area contributed by atoms with Crippen molar-refractivity contribution in [3.8, 4) is 11.4 Å². The van der Waals surface area contributed by atoms with Gasteiger partial charge in [0.15, 0.2) is 5.82 Å². The van der Waals surface area contributed by atoms with E-state index < -0.39 is 0 Å². The second kappa shape index (κ2) is 5.03. The standard InChI is InChI=1S/C13H12Cl2N2/c1-3-11-8(2)12(15)17-13(16-11)9-5-4-6-10(14)7-9/h4-7H,3H2,1-2H3. The first-order chi connectivity index (χ1) is 8.11. The molecule has 0 saturated heterocycles. The van der Waals surface area contributed by atoms with E-state index in [1.165, 1.54) is 0 Å². The average Bonchev–Trinajstić information content (AvgIpc) is 2.32. The van der Waals surface area contributed by atoms with Crippen molar-refractivity contribution in [2.75, 3.05) is 0 Å². The summed E-state index contributed by atoms with van der Waals surface area (Å²) in [5.74, 6) is 0.625. The molecule has 0 N–H and O–H groups in total. The van der Waals surface area contributed by atoms with Crippen molar-refractivity contribution in [1.82, 2.24) is 9.97 Å². The molecule has 88 valence electrons. The van der Waals surface area contributed by atoms with Crippen LogP contribution in [0.15, 0.2) is 24.3 Å². The summed E-state index contributed by atoms with van der Waals surface area (Å²) >= 11 is 12.1. The molecule has 0 aliphatic carbocycles. The van der Waals surface area contributed by atoms with Crippen molar-refractivity contribution >= 4 is 23.2 Å². The maximum atomic E-state index is 6.10. The van der Waals surface area contributed by atoms with E-state index in [0.29, 0.717) is 16.0 Å². The van der Waals surface area contributed by atoms with Gasteiger partial charge in [0.25, 0.3) is 0 Å². The highest BCUT2D eigenvalue weighted by molar-refractivity contribution is 6.31. The normalized spacial score (nSPS) is 10.6. The Morgan fingerprint density at radius 3 is 2.59 bits per heavy atom. The molecule has 0 spiro atoms. The maximum Gasteiger partial charge on any atom is 0.161 e. The lowest BCUT2D eigenvalue weighted by molar-refractivity contribution is 0.977. The van der Waals surface area contributed by atoms with Gasteiger partial charge < -0.3 is 0 Å². The van der Waals surface area contributed by atoms with E-state index >= 15 is 0 Å². The highest BCUT2D eigenvalue weighted by atomic mass is 35.5. The van der Waals surface area contributed by atoms with E-state index in [-0.39, 0.29) is 0 Å². The van der Waals surface area contributed by atoms with Crippen molar-refractivity contribution in [3.63, 3.8) is 0 Å². The second-order valence-corrected chi connectivity index (χ2v) is 4.57. The van der Waals surface area contributed by atoms with Gasteiger partial charge in [-0.25, -0.2) is 9.97 Å². The monoisotopic (exact) mass is 266 g/mol. The second-order valence-electron chi connectivity index (χ2n) is 3.77. The molecule has 17 heavy (non-hydrogen) atoms. The highest BCUT2D eigenvalue weighted by Gasteiger charge is 2.09. The Morgan fingerprint density at radius 1 is 1.18 bits per heavy atom. The van der Waals surface area contributed by atoms with Gasteiger partial charge in [-0.15, -0.1) is 0 Å². The summed E-state index contributed by atoms with van der Waals surface area (Å²) in [6.07, 6.45) is 0.835. The SMILES string of the molecule is CCc1nc(-c2cccc(Cl)c2)nc(Cl)c1C. The molecule has 1 heterocycles. The highest BCUT2D eigenvalue weighted by Crippen LogP contribution is 2.24. The minimum Gasteiger partial charge on any atom is -0.233 e. The van der Waals surface area contributed by atoms with Gasteiger partial charge in [0.2, 0.25) is 0 Å². The molecule has 0 amide bonds. The van der Waals surface area contributed by atoms with Crippen molar-refractivity contribution in [2.24, 2.45) is 0 Å². The summed E-state index contributed by atoms with van der Waals surface area (Å²) in [6.45, 7) is 3.98. The van der Waals surface area contributed by atoms with Gasteiger partial charge in [0.1, 0.15) is 5.15 Å². The molecule has 2 rings (SSSR count). The maximum absolute atomic E-state index is 6.10. The Bertz CT molecular complexity index is 553. The zero-order chi connectivity index (χ0) is 12.4. The van der Waals surface area contributed by atoms with Crippen molar-refractivity contribution in [1.29, 1.82) is 0 Å². The van der Waals surface area contributed by atoms with Crippen LogP contribution in [0.1, 0.15) is 18.2 Å². The quantitative estimate of drug-likeness (QED) is 0.757. The van der Waals surface area contributed by atoms with Gasteiger partial charge in [0.05, 0.1) is 0 Å². The summed E-state index contributed by atoms with van der Waals surface area (Å²) in [7, 11) is 0. The molecule has 0 aliphatic rings. The Balaban J connectivity index is 2.56. The van der Waals surface area contributed by atoms with Crippen LogP contribution >= 0.6 is 23.2 Å². The third-order valence-electron chi connectivity index (χ3n) is 2.60.